The highest BCUT2D eigenvalue weighted by Gasteiger charge is 2.29. The van der Waals surface area contributed by atoms with Crippen molar-refractivity contribution < 1.29 is 38.1 Å². The molecule has 10 nitrogen and oxygen atoms in total. The van der Waals surface area contributed by atoms with Crippen LogP contribution in [0.25, 0.3) is 12.2 Å². The van der Waals surface area contributed by atoms with E-state index in [1.54, 1.807) is 78.9 Å². The van der Waals surface area contributed by atoms with Crippen LogP contribution in [-0.4, -0.2) is 37.1 Å². The van der Waals surface area contributed by atoms with Crippen molar-refractivity contribution in [2.24, 2.45) is 23.7 Å². The normalized spacial score (nSPS) is 19.9. The summed E-state index contributed by atoms with van der Waals surface area (Å²) in [6.07, 6.45) is 21.0. The monoisotopic (exact) mass is 806 g/mol. The number of nitrogens with two attached hydrogens (primary N) is 2. The molecule has 10 heteroatoms. The molecule has 2 fully saturated rings. The zero-order valence-corrected chi connectivity index (χ0v) is 34.8. The minimum Gasteiger partial charge on any atom is -0.462 e. The fraction of sp³-hybridized carbons (Fsp3) is 0.469. The molecule has 0 radical (unpaired) electrons. The lowest BCUT2D eigenvalue weighted by atomic mass is 9.80. The van der Waals surface area contributed by atoms with E-state index in [4.69, 9.17) is 30.4 Å². The van der Waals surface area contributed by atoms with E-state index in [0.29, 0.717) is 28.4 Å². The number of carbonyl (C=O) groups is 4. The van der Waals surface area contributed by atoms with Crippen LogP contribution >= 0.6 is 0 Å². The first-order chi connectivity index (χ1) is 28.6. The number of hydrogen-bond donors (Lipinski definition) is 2. The van der Waals surface area contributed by atoms with Crippen molar-refractivity contribution in [3.8, 4) is 11.5 Å². The van der Waals surface area contributed by atoms with Gasteiger partial charge in [0.15, 0.2) is 0 Å². The van der Waals surface area contributed by atoms with Crippen LogP contribution in [0.2, 0.25) is 0 Å². The summed E-state index contributed by atoms with van der Waals surface area (Å²) in [6, 6.07) is 18.9. The van der Waals surface area contributed by atoms with Crippen LogP contribution in [0.1, 0.15) is 126 Å². The smallest absolute Gasteiger partial charge is 0.330 e. The number of rotatable bonds is 19. The molecule has 0 atom stereocenters. The topological polar surface area (TPSA) is 157 Å². The van der Waals surface area contributed by atoms with Crippen molar-refractivity contribution in [1.82, 2.24) is 0 Å². The van der Waals surface area contributed by atoms with Gasteiger partial charge in [-0.05, 0) is 128 Å². The number of carbonyl (C=O) groups excluding carboxylic acids is 4. The lowest BCUT2D eigenvalue weighted by Gasteiger charge is -2.27. The Morgan fingerprint density at radius 2 is 1.03 bits per heavy atom. The molecule has 3 aromatic carbocycles. The molecule has 0 aromatic heterocycles. The van der Waals surface area contributed by atoms with E-state index in [-0.39, 0.29) is 37.0 Å². The van der Waals surface area contributed by atoms with E-state index in [0.717, 1.165) is 74.3 Å². The van der Waals surface area contributed by atoms with Gasteiger partial charge in [0, 0.05) is 23.5 Å². The highest BCUT2D eigenvalue weighted by Crippen LogP contribution is 2.34. The van der Waals surface area contributed by atoms with Crippen LogP contribution in [0.3, 0.4) is 0 Å². The Morgan fingerprint density at radius 3 is 1.42 bits per heavy atom. The molecule has 0 aliphatic heterocycles. The SMILES string of the molecule is CCCCC1CCC(C(=O)Oc2ccc(/C=C/C(=O)OCC(COC(=O)/C=C/c3ccc(OC(=O)C4CCC(CCCC)CC4)cc3)c3ccc(N)cc3N)cc2)CC1. The van der Waals surface area contributed by atoms with Crippen molar-refractivity contribution in [3.63, 3.8) is 0 Å². The van der Waals surface area contributed by atoms with Gasteiger partial charge in [0.05, 0.1) is 17.8 Å². The summed E-state index contributed by atoms with van der Waals surface area (Å²) in [5, 5.41) is 0. The standard InChI is InChI=1S/C49H62N2O8/c1-3-5-7-34-9-19-38(20-10-34)48(54)58-42-24-13-36(14-25-42)17-29-46(52)56-32-40(44-28-23-41(50)31-45(44)51)33-57-47(53)30-18-37-15-26-43(27-16-37)59-49(55)39-21-11-35(12-22-39)8-6-4-2/h13-18,23-31,34-35,38-40H,3-12,19-22,32-33,50-51H2,1-2H3/b29-17+,30-18+. The molecule has 0 unspecified atom stereocenters. The summed E-state index contributed by atoms with van der Waals surface area (Å²) in [4.78, 5) is 51.1. The molecule has 59 heavy (non-hydrogen) atoms. The third-order valence-corrected chi connectivity index (χ3v) is 11.7. The molecule has 2 aliphatic carbocycles. The Bertz CT molecular complexity index is 1760. The van der Waals surface area contributed by atoms with E-state index < -0.39 is 17.9 Å². The Kier molecular flexibility index (Phi) is 17.6. The second-order valence-electron chi connectivity index (χ2n) is 16.2. The van der Waals surface area contributed by atoms with Gasteiger partial charge in [0.2, 0.25) is 0 Å². The first kappa shape index (κ1) is 44.7. The predicted molar refractivity (Wildman–Crippen MR) is 232 cm³/mol. The summed E-state index contributed by atoms with van der Waals surface area (Å²) in [6.45, 7) is 4.20. The third-order valence-electron chi connectivity index (χ3n) is 11.7. The fourth-order valence-corrected chi connectivity index (χ4v) is 8.04. The molecule has 5 rings (SSSR count). The van der Waals surface area contributed by atoms with Gasteiger partial charge in [-0.25, -0.2) is 9.59 Å². The maximum atomic E-state index is 12.8. The molecule has 0 bridgehead atoms. The minimum atomic E-state index is -0.593. The first-order valence-electron chi connectivity index (χ1n) is 21.6. The van der Waals surface area contributed by atoms with Gasteiger partial charge in [-0.15, -0.1) is 0 Å². The lowest BCUT2D eigenvalue weighted by molar-refractivity contribution is -0.142. The highest BCUT2D eigenvalue weighted by atomic mass is 16.6. The number of nitrogen functional groups attached to an aromatic ring is 2. The molecular weight excluding hydrogens is 745 g/mol. The summed E-state index contributed by atoms with van der Waals surface area (Å²) in [5.41, 5.74) is 15.1. The molecular formula is C49H62N2O8. The minimum absolute atomic E-state index is 0.0625. The molecule has 0 spiro atoms. The Balaban J connectivity index is 1.07. The second-order valence-corrected chi connectivity index (χ2v) is 16.2. The lowest BCUT2D eigenvalue weighted by Crippen LogP contribution is -2.25. The number of unbranched alkanes of at least 4 members (excludes halogenated alkanes) is 2. The van der Waals surface area contributed by atoms with Gasteiger partial charge in [-0.1, -0.05) is 82.7 Å². The molecule has 0 heterocycles. The van der Waals surface area contributed by atoms with Crippen LogP contribution < -0.4 is 20.9 Å². The van der Waals surface area contributed by atoms with Crippen molar-refractivity contribution in [1.29, 1.82) is 0 Å². The molecule has 316 valence electrons. The molecule has 3 aromatic rings. The average molecular weight is 807 g/mol. The number of anilines is 2. The Labute approximate surface area is 349 Å². The summed E-state index contributed by atoms with van der Waals surface area (Å²) in [5.74, 6) is 0.137. The summed E-state index contributed by atoms with van der Waals surface area (Å²) < 4.78 is 22.5. The zero-order valence-electron chi connectivity index (χ0n) is 34.8. The first-order valence-corrected chi connectivity index (χ1v) is 21.6. The summed E-state index contributed by atoms with van der Waals surface area (Å²) in [7, 11) is 0. The quantitative estimate of drug-likeness (QED) is 0.0517. The van der Waals surface area contributed by atoms with Crippen molar-refractivity contribution in [3.05, 3.63) is 95.6 Å². The van der Waals surface area contributed by atoms with E-state index in [1.165, 1.54) is 50.7 Å². The van der Waals surface area contributed by atoms with Crippen LogP contribution in [-0.2, 0) is 28.7 Å². The van der Waals surface area contributed by atoms with Crippen molar-refractivity contribution in [2.75, 3.05) is 24.7 Å². The van der Waals surface area contributed by atoms with Gasteiger partial charge >= 0.3 is 23.9 Å². The number of hydrogen-bond acceptors (Lipinski definition) is 10. The van der Waals surface area contributed by atoms with Gasteiger partial charge in [-0.2, -0.15) is 0 Å². The van der Waals surface area contributed by atoms with Crippen LogP contribution in [0.15, 0.2) is 78.9 Å². The van der Waals surface area contributed by atoms with Crippen LogP contribution in [0.5, 0.6) is 11.5 Å². The Hall–Kier alpha value is -5.38. The number of benzene rings is 3. The Morgan fingerprint density at radius 1 is 0.610 bits per heavy atom. The molecule has 2 aliphatic rings. The zero-order chi connectivity index (χ0) is 42.0. The highest BCUT2D eigenvalue weighted by molar-refractivity contribution is 5.88. The molecule has 0 saturated heterocycles. The largest absolute Gasteiger partial charge is 0.462 e. The van der Waals surface area contributed by atoms with Crippen molar-refractivity contribution in [2.45, 2.75) is 110 Å². The number of ether oxygens (including phenoxy) is 4. The van der Waals surface area contributed by atoms with E-state index in [9.17, 15) is 19.2 Å². The average Bonchev–Trinajstić information content (AvgIpc) is 3.25. The van der Waals surface area contributed by atoms with Gasteiger partial charge in [0.1, 0.15) is 24.7 Å². The van der Waals surface area contributed by atoms with E-state index in [2.05, 4.69) is 13.8 Å². The molecule has 2 saturated carbocycles. The van der Waals surface area contributed by atoms with Gasteiger partial charge in [0.25, 0.3) is 0 Å². The maximum Gasteiger partial charge on any atom is 0.330 e. The third kappa shape index (κ3) is 14.7. The van der Waals surface area contributed by atoms with Crippen molar-refractivity contribution >= 4 is 47.4 Å². The molecule has 0 amide bonds. The molecule has 4 N–H and O–H groups in total. The predicted octanol–water partition coefficient (Wildman–Crippen LogP) is 10.3. The van der Waals surface area contributed by atoms with E-state index in [1.807, 2.05) is 0 Å². The summed E-state index contributed by atoms with van der Waals surface area (Å²) >= 11 is 0. The number of esters is 4. The van der Waals surface area contributed by atoms with Gasteiger partial charge in [-0.3, -0.25) is 9.59 Å². The van der Waals surface area contributed by atoms with E-state index >= 15 is 0 Å². The van der Waals surface area contributed by atoms with Gasteiger partial charge < -0.3 is 30.4 Å². The van der Waals surface area contributed by atoms with Crippen LogP contribution in [0, 0.1) is 23.7 Å². The maximum absolute atomic E-state index is 12.8. The second kappa shape index (κ2) is 23.3. The van der Waals surface area contributed by atoms with Crippen LogP contribution in [0.4, 0.5) is 11.4 Å². The fourth-order valence-electron chi connectivity index (χ4n) is 8.04.